The van der Waals surface area contributed by atoms with Crippen molar-refractivity contribution in [3.63, 3.8) is 0 Å². The first kappa shape index (κ1) is 46.7. The summed E-state index contributed by atoms with van der Waals surface area (Å²) < 4.78 is 25.0. The van der Waals surface area contributed by atoms with E-state index in [-0.39, 0.29) is 41.9 Å². The third-order valence-electron chi connectivity index (χ3n) is 15.3. The number of hydrogen-bond acceptors (Lipinski definition) is 11. The third-order valence-corrected chi connectivity index (χ3v) is 15.3. The van der Waals surface area contributed by atoms with Crippen LogP contribution in [-0.4, -0.2) is 118 Å². The molecule has 72 heavy (non-hydrogen) atoms. The molecule has 2 aromatic carbocycles. The molecule has 3 amide bonds. The molecule has 0 saturated carbocycles. The van der Waals surface area contributed by atoms with Crippen LogP contribution in [0.4, 0.5) is 15.8 Å². The smallest absolute Gasteiger partial charge is 0.329 e. The first-order chi connectivity index (χ1) is 34.7. The lowest BCUT2D eigenvalue weighted by Gasteiger charge is -2.35. The van der Waals surface area contributed by atoms with E-state index in [4.69, 9.17) is 5.10 Å². The van der Waals surface area contributed by atoms with Gasteiger partial charge < -0.3 is 19.7 Å². The van der Waals surface area contributed by atoms with Gasteiger partial charge in [-0.3, -0.25) is 52.7 Å². The van der Waals surface area contributed by atoms with Crippen molar-refractivity contribution < 1.29 is 18.8 Å². The van der Waals surface area contributed by atoms with Crippen LogP contribution < -0.4 is 26.8 Å². The number of imidazole rings is 1. The molecule has 11 rings (SSSR count). The van der Waals surface area contributed by atoms with Gasteiger partial charge in [-0.25, -0.2) is 14.2 Å². The molecule has 5 aromatic heterocycles. The Morgan fingerprint density at radius 3 is 2.46 bits per heavy atom. The molecule has 2 saturated heterocycles. The molecule has 0 bridgehead atoms. The van der Waals surface area contributed by atoms with Crippen molar-refractivity contribution >= 4 is 56.7 Å². The summed E-state index contributed by atoms with van der Waals surface area (Å²) in [6.45, 7) is 10.6. The number of carbonyl (C=O) groups excluding carboxylic acids is 3. The minimum atomic E-state index is -0.727. The van der Waals surface area contributed by atoms with Gasteiger partial charge in [-0.2, -0.15) is 5.10 Å². The van der Waals surface area contributed by atoms with Crippen molar-refractivity contribution in [1.82, 2.24) is 53.0 Å². The molecular weight excluding hydrogens is 918 g/mol. The SMILES string of the molecule is CNc1ccn(-c2ccnc3c2cc([C@H](C)N2CC=C(c4c(C)cc(C(=O)N5CCn6nc(CN7CCN(c8ccc9c(c8)n(C)c(=O)n9C8CCC(=O)NC8=O)CC7)cc6C5)cc4F)CC2)n3C)c(=O)c1. The van der Waals surface area contributed by atoms with Gasteiger partial charge in [0.2, 0.25) is 11.8 Å². The van der Waals surface area contributed by atoms with E-state index in [0.717, 1.165) is 88.0 Å². The van der Waals surface area contributed by atoms with Gasteiger partial charge in [0.15, 0.2) is 0 Å². The number of imide groups is 1. The highest BCUT2D eigenvalue weighted by Crippen LogP contribution is 2.35. The van der Waals surface area contributed by atoms with E-state index in [0.29, 0.717) is 62.3 Å². The Morgan fingerprint density at radius 2 is 1.72 bits per heavy atom. The van der Waals surface area contributed by atoms with Crippen LogP contribution in [0.1, 0.15) is 76.8 Å². The summed E-state index contributed by atoms with van der Waals surface area (Å²) in [5.41, 5.74) is 9.77. The number of aromatic nitrogens is 7. The molecule has 4 aliphatic heterocycles. The molecule has 0 aliphatic carbocycles. The zero-order chi connectivity index (χ0) is 50.1. The molecule has 9 heterocycles. The van der Waals surface area contributed by atoms with Crippen LogP contribution in [0, 0.1) is 12.7 Å². The molecular formula is C53H58FN13O5. The lowest BCUT2D eigenvalue weighted by molar-refractivity contribution is -0.135. The number of carbonyl (C=O) groups is 3. The quantitative estimate of drug-likeness (QED) is 0.179. The first-order valence-corrected chi connectivity index (χ1v) is 24.7. The number of halogens is 1. The summed E-state index contributed by atoms with van der Waals surface area (Å²) in [7, 11) is 5.49. The largest absolute Gasteiger partial charge is 0.388 e. The molecule has 2 N–H and O–H groups in total. The van der Waals surface area contributed by atoms with Crippen molar-refractivity contribution in [2.75, 3.05) is 63.1 Å². The Balaban J connectivity index is 0.708. The second-order valence-electron chi connectivity index (χ2n) is 19.6. The number of amides is 3. The van der Waals surface area contributed by atoms with Gasteiger partial charge in [0.25, 0.3) is 11.5 Å². The maximum atomic E-state index is 16.2. The second kappa shape index (κ2) is 18.5. The molecule has 2 fully saturated rings. The zero-order valence-corrected chi connectivity index (χ0v) is 41.2. The average Bonchev–Trinajstić information content (AvgIpc) is 4.03. The summed E-state index contributed by atoms with van der Waals surface area (Å²) in [4.78, 5) is 78.2. The number of anilines is 2. The summed E-state index contributed by atoms with van der Waals surface area (Å²) in [6, 6.07) is 17.9. The normalized spacial score (nSPS) is 18.4. The number of nitrogens with one attached hydrogen (secondary N) is 2. The zero-order valence-electron chi connectivity index (χ0n) is 41.2. The fourth-order valence-electron chi connectivity index (χ4n) is 11.3. The number of piperidine rings is 1. The molecule has 372 valence electrons. The van der Waals surface area contributed by atoms with Crippen molar-refractivity contribution in [2.24, 2.45) is 14.1 Å². The number of pyridine rings is 2. The Bertz CT molecular complexity index is 3480. The predicted molar refractivity (Wildman–Crippen MR) is 273 cm³/mol. The van der Waals surface area contributed by atoms with E-state index < -0.39 is 17.8 Å². The van der Waals surface area contributed by atoms with Crippen LogP contribution in [-0.2, 0) is 43.3 Å². The topological polar surface area (TPSA) is 173 Å². The Morgan fingerprint density at radius 1 is 0.903 bits per heavy atom. The molecule has 0 spiro atoms. The molecule has 7 aromatic rings. The van der Waals surface area contributed by atoms with Crippen molar-refractivity contribution in [3.05, 3.63) is 140 Å². The van der Waals surface area contributed by atoms with Crippen LogP contribution >= 0.6 is 0 Å². The lowest BCUT2D eigenvalue weighted by Crippen LogP contribution is -2.46. The first-order valence-electron chi connectivity index (χ1n) is 24.7. The highest BCUT2D eigenvalue weighted by Gasteiger charge is 2.33. The predicted octanol–water partition coefficient (Wildman–Crippen LogP) is 4.87. The highest BCUT2D eigenvalue weighted by atomic mass is 19.1. The van der Waals surface area contributed by atoms with E-state index in [1.165, 1.54) is 10.6 Å². The molecule has 19 heteroatoms. The molecule has 4 aliphatic rings. The number of rotatable bonds is 10. The van der Waals surface area contributed by atoms with E-state index in [1.807, 2.05) is 55.1 Å². The van der Waals surface area contributed by atoms with Crippen LogP contribution in [0.25, 0.3) is 33.3 Å². The van der Waals surface area contributed by atoms with Gasteiger partial charge in [0, 0.05) is 138 Å². The highest BCUT2D eigenvalue weighted by molar-refractivity contribution is 6.00. The van der Waals surface area contributed by atoms with E-state index in [2.05, 4.69) is 60.0 Å². The standard InChI is InChI=1S/C53H58FN13O5/c1-32-24-35(25-41(54)49(32)34-11-15-62(16-12-34)33(2)45-29-40-42(10-14-56-50(40)59(45)4)65-17-13-36(55-3)27-48(65)69)52(71)64-22-23-66-39(31-64)26-37(58-66)30-61-18-20-63(21-19-61)38-6-7-43-46(28-38)60(5)53(72)67(43)44-8-9-47(68)57-51(44)70/h6-7,10-11,13-14,17,24-29,33,44,55H,8-9,12,15-16,18-23,30-31H2,1-5H3,(H,57,68,70)/t33-,44?/m0/s1. The monoisotopic (exact) mass is 975 g/mol. The van der Waals surface area contributed by atoms with Crippen molar-refractivity contribution in [1.29, 1.82) is 0 Å². The number of benzene rings is 2. The summed E-state index contributed by atoms with van der Waals surface area (Å²) in [6.07, 6.45) is 6.74. The van der Waals surface area contributed by atoms with Gasteiger partial charge in [0.1, 0.15) is 17.5 Å². The number of aryl methyl sites for hydroxylation is 3. The van der Waals surface area contributed by atoms with Crippen LogP contribution in [0.5, 0.6) is 0 Å². The minimum Gasteiger partial charge on any atom is -0.388 e. The Hall–Kier alpha value is -7.64. The van der Waals surface area contributed by atoms with Crippen molar-refractivity contribution in [2.45, 2.75) is 64.8 Å². The molecule has 0 radical (unpaired) electrons. The second-order valence-corrected chi connectivity index (χ2v) is 19.6. The summed E-state index contributed by atoms with van der Waals surface area (Å²) in [5, 5.41) is 11.2. The van der Waals surface area contributed by atoms with Gasteiger partial charge in [0.05, 0.1) is 41.2 Å². The van der Waals surface area contributed by atoms with Crippen LogP contribution in [0.2, 0.25) is 0 Å². The van der Waals surface area contributed by atoms with Crippen LogP contribution in [0.3, 0.4) is 0 Å². The minimum absolute atomic E-state index is 0.0160. The van der Waals surface area contributed by atoms with E-state index >= 15 is 4.39 Å². The lowest BCUT2D eigenvalue weighted by atomic mass is 9.92. The maximum Gasteiger partial charge on any atom is 0.329 e. The van der Waals surface area contributed by atoms with E-state index in [9.17, 15) is 24.0 Å². The summed E-state index contributed by atoms with van der Waals surface area (Å²) in [5.74, 6) is -1.37. The van der Waals surface area contributed by atoms with Crippen molar-refractivity contribution in [3.8, 4) is 5.69 Å². The maximum absolute atomic E-state index is 16.2. The molecule has 2 atom stereocenters. The Kier molecular flexibility index (Phi) is 12.0. The van der Waals surface area contributed by atoms with Crippen LogP contribution in [0.15, 0.2) is 88.7 Å². The fourth-order valence-corrected chi connectivity index (χ4v) is 11.3. The number of piperazine rings is 1. The average molecular weight is 976 g/mol. The van der Waals surface area contributed by atoms with Gasteiger partial charge in [-0.1, -0.05) is 6.08 Å². The van der Waals surface area contributed by atoms with Gasteiger partial charge in [-0.05, 0) is 92.4 Å². The molecule has 18 nitrogen and oxygen atoms in total. The fraction of sp³-hybridized carbons (Fsp3) is 0.377. The summed E-state index contributed by atoms with van der Waals surface area (Å²) >= 11 is 0. The Labute approximate surface area is 414 Å². The third kappa shape index (κ3) is 8.28. The van der Waals surface area contributed by atoms with E-state index in [1.54, 1.807) is 46.6 Å². The number of nitrogens with zero attached hydrogens (tertiary/aromatic N) is 11. The number of hydrogen-bond donors (Lipinski definition) is 2. The van der Waals surface area contributed by atoms with Gasteiger partial charge in [-0.15, -0.1) is 0 Å². The number of fused-ring (bicyclic) bond motifs is 3. The molecule has 1 unspecified atom stereocenters. The van der Waals surface area contributed by atoms with Gasteiger partial charge >= 0.3 is 5.69 Å².